The van der Waals surface area contributed by atoms with Gasteiger partial charge in [-0.3, -0.25) is 4.79 Å². The highest BCUT2D eigenvalue weighted by molar-refractivity contribution is 7.07. The van der Waals surface area contributed by atoms with Gasteiger partial charge in [-0.25, -0.2) is 15.0 Å². The van der Waals surface area contributed by atoms with Crippen molar-refractivity contribution in [3.63, 3.8) is 0 Å². The van der Waals surface area contributed by atoms with Crippen LogP contribution >= 0.6 is 11.3 Å². The number of carbonyl (C=O) groups is 1. The van der Waals surface area contributed by atoms with E-state index in [1.54, 1.807) is 24.8 Å². The first-order valence-corrected chi connectivity index (χ1v) is 11.4. The molecule has 0 fully saturated rings. The monoisotopic (exact) mass is 453 g/mol. The molecule has 3 aromatic heterocycles. The summed E-state index contributed by atoms with van der Waals surface area (Å²) in [5.41, 5.74) is 8.31. The molecule has 6 rings (SSSR count). The number of methoxy groups -OCH3 is 1. The Hall–Kier alpha value is -4.04. The van der Waals surface area contributed by atoms with Gasteiger partial charge in [0, 0.05) is 53.1 Å². The fourth-order valence-electron chi connectivity index (χ4n) is 4.31. The lowest BCUT2D eigenvalue weighted by atomic mass is 10.1. The summed E-state index contributed by atoms with van der Waals surface area (Å²) >= 11 is 1.56. The van der Waals surface area contributed by atoms with Crippen LogP contribution in [0.25, 0.3) is 28.0 Å². The second-order valence-electron chi connectivity index (χ2n) is 7.90. The lowest BCUT2D eigenvalue weighted by Gasteiger charge is -2.15. The molecule has 0 unspecified atom stereocenters. The maximum Gasteiger partial charge on any atom is 0.254 e. The summed E-state index contributed by atoms with van der Waals surface area (Å²) in [5.74, 6) is 0.856. The van der Waals surface area contributed by atoms with Gasteiger partial charge in [0.25, 0.3) is 5.91 Å². The summed E-state index contributed by atoms with van der Waals surface area (Å²) in [4.78, 5) is 28.1. The summed E-state index contributed by atoms with van der Waals surface area (Å²) in [6.07, 6.45) is 5.42. The molecule has 2 aromatic carbocycles. The summed E-state index contributed by atoms with van der Waals surface area (Å²) in [6, 6.07) is 13.8. The molecule has 0 aliphatic carbocycles. The number of ether oxygens (including phenoxy) is 1. The average molecular weight is 454 g/mol. The normalized spacial score (nSPS) is 13.0. The minimum atomic E-state index is 0.0511. The number of benzene rings is 2. The molecular formula is C25H19N5O2S. The van der Waals surface area contributed by atoms with Crippen molar-refractivity contribution in [3.05, 3.63) is 88.8 Å². The first-order chi connectivity index (χ1) is 16.2. The van der Waals surface area contributed by atoms with E-state index < -0.39 is 0 Å². The smallest absolute Gasteiger partial charge is 0.254 e. The van der Waals surface area contributed by atoms with Gasteiger partial charge in [-0.2, -0.15) is 0 Å². The predicted octanol–water partition coefficient (Wildman–Crippen LogP) is 4.71. The highest BCUT2D eigenvalue weighted by Gasteiger charge is 2.28. The first-order valence-electron chi connectivity index (χ1n) is 10.5. The standard InChI is InChI=1S/C25H19N5O2S/c1-32-19-5-2-16(3-6-19)10-29-11-17-8-18(4-7-20(17)25(29)31)30-12-22(23-13-33-15-28-23)21-9-26-14-27-24(21)30/h2-9,12-15H,10-11H2,1H3. The van der Waals surface area contributed by atoms with Gasteiger partial charge >= 0.3 is 0 Å². The van der Waals surface area contributed by atoms with Crippen LogP contribution < -0.4 is 4.74 Å². The number of rotatable bonds is 5. The third kappa shape index (κ3) is 3.35. The number of aromatic nitrogens is 4. The van der Waals surface area contributed by atoms with Gasteiger partial charge in [0.15, 0.2) is 0 Å². The van der Waals surface area contributed by atoms with Gasteiger partial charge in [-0.05, 0) is 41.5 Å². The third-order valence-electron chi connectivity index (χ3n) is 5.95. The SMILES string of the molecule is COc1ccc(CN2Cc3cc(-n4cc(-c5cscn5)c5cncnc54)ccc3C2=O)cc1. The molecule has 0 bridgehead atoms. The lowest BCUT2D eigenvalue weighted by Crippen LogP contribution is -2.23. The summed E-state index contributed by atoms with van der Waals surface area (Å²) in [7, 11) is 1.65. The Balaban J connectivity index is 1.34. The van der Waals surface area contributed by atoms with E-state index >= 15 is 0 Å². The van der Waals surface area contributed by atoms with E-state index in [-0.39, 0.29) is 5.91 Å². The van der Waals surface area contributed by atoms with Gasteiger partial charge in [-0.1, -0.05) is 12.1 Å². The topological polar surface area (TPSA) is 73.1 Å². The Morgan fingerprint density at radius 2 is 1.97 bits per heavy atom. The molecule has 8 heteroatoms. The average Bonchev–Trinajstić information content (AvgIpc) is 3.58. The van der Waals surface area contributed by atoms with E-state index in [1.165, 1.54) is 0 Å². The molecule has 0 spiro atoms. The van der Waals surface area contributed by atoms with Crippen molar-refractivity contribution in [3.8, 4) is 22.7 Å². The minimum absolute atomic E-state index is 0.0511. The number of amides is 1. The largest absolute Gasteiger partial charge is 0.497 e. The maximum atomic E-state index is 13.0. The van der Waals surface area contributed by atoms with Crippen molar-refractivity contribution >= 4 is 28.3 Å². The molecule has 7 nitrogen and oxygen atoms in total. The molecule has 33 heavy (non-hydrogen) atoms. The number of nitrogens with zero attached hydrogens (tertiary/aromatic N) is 5. The van der Waals surface area contributed by atoms with Gasteiger partial charge < -0.3 is 14.2 Å². The predicted molar refractivity (Wildman–Crippen MR) is 127 cm³/mol. The fraction of sp³-hybridized carbons (Fsp3) is 0.120. The van der Waals surface area contributed by atoms with Crippen molar-refractivity contribution in [1.82, 2.24) is 24.4 Å². The molecule has 0 saturated heterocycles. The van der Waals surface area contributed by atoms with E-state index in [4.69, 9.17) is 4.74 Å². The second-order valence-corrected chi connectivity index (χ2v) is 8.62. The molecule has 1 aliphatic rings. The molecular weight excluding hydrogens is 434 g/mol. The molecule has 4 heterocycles. The molecule has 162 valence electrons. The van der Waals surface area contributed by atoms with Crippen LogP contribution in [0.3, 0.4) is 0 Å². The third-order valence-corrected chi connectivity index (χ3v) is 6.54. The highest BCUT2D eigenvalue weighted by atomic mass is 32.1. The summed E-state index contributed by atoms with van der Waals surface area (Å²) in [5, 5.41) is 2.96. The minimum Gasteiger partial charge on any atom is -0.497 e. The molecule has 0 N–H and O–H groups in total. The molecule has 1 aliphatic heterocycles. The van der Waals surface area contributed by atoms with Crippen molar-refractivity contribution in [2.45, 2.75) is 13.1 Å². The molecule has 0 atom stereocenters. The Morgan fingerprint density at radius 3 is 2.76 bits per heavy atom. The van der Waals surface area contributed by atoms with Gasteiger partial charge in [0.2, 0.25) is 0 Å². The van der Waals surface area contributed by atoms with Gasteiger partial charge in [0.05, 0.1) is 18.3 Å². The van der Waals surface area contributed by atoms with Crippen molar-refractivity contribution in [2.75, 3.05) is 7.11 Å². The number of thiazole rings is 1. The molecule has 0 saturated carbocycles. The highest BCUT2D eigenvalue weighted by Crippen LogP contribution is 2.33. The summed E-state index contributed by atoms with van der Waals surface area (Å²) in [6.45, 7) is 1.13. The first kappa shape index (κ1) is 19.6. The summed E-state index contributed by atoms with van der Waals surface area (Å²) < 4.78 is 7.27. The van der Waals surface area contributed by atoms with E-state index in [0.29, 0.717) is 13.1 Å². The van der Waals surface area contributed by atoms with Crippen LogP contribution in [0.1, 0.15) is 21.5 Å². The Morgan fingerprint density at radius 1 is 1.09 bits per heavy atom. The molecule has 0 radical (unpaired) electrons. The van der Waals surface area contributed by atoms with Gasteiger partial charge in [-0.15, -0.1) is 11.3 Å². The van der Waals surface area contributed by atoms with Crippen molar-refractivity contribution < 1.29 is 9.53 Å². The van der Waals surface area contributed by atoms with Crippen LogP contribution in [0, 0.1) is 0 Å². The van der Waals surface area contributed by atoms with Crippen LogP contribution in [-0.4, -0.2) is 37.4 Å². The molecule has 5 aromatic rings. The van der Waals surface area contributed by atoms with Crippen molar-refractivity contribution in [2.24, 2.45) is 0 Å². The maximum absolute atomic E-state index is 13.0. The zero-order chi connectivity index (χ0) is 22.4. The van der Waals surface area contributed by atoms with Crippen LogP contribution in [0.2, 0.25) is 0 Å². The number of carbonyl (C=O) groups excluding carboxylic acids is 1. The second kappa shape index (κ2) is 7.83. The zero-order valence-corrected chi connectivity index (χ0v) is 18.6. The zero-order valence-electron chi connectivity index (χ0n) is 17.8. The Labute approximate surface area is 193 Å². The lowest BCUT2D eigenvalue weighted by molar-refractivity contribution is 0.0766. The number of hydrogen-bond donors (Lipinski definition) is 0. The van der Waals surface area contributed by atoms with E-state index in [9.17, 15) is 4.79 Å². The van der Waals surface area contributed by atoms with Crippen LogP contribution in [0.4, 0.5) is 0 Å². The number of fused-ring (bicyclic) bond motifs is 2. The molecule has 1 amide bonds. The van der Waals surface area contributed by atoms with Crippen LogP contribution in [-0.2, 0) is 13.1 Å². The van der Waals surface area contributed by atoms with Crippen LogP contribution in [0.5, 0.6) is 5.75 Å². The van der Waals surface area contributed by atoms with E-state index in [1.807, 2.05) is 69.1 Å². The fourth-order valence-corrected chi connectivity index (χ4v) is 4.86. The van der Waals surface area contributed by atoms with E-state index in [2.05, 4.69) is 21.0 Å². The van der Waals surface area contributed by atoms with Gasteiger partial charge in [0.1, 0.15) is 17.7 Å². The number of hydrogen-bond acceptors (Lipinski definition) is 6. The van der Waals surface area contributed by atoms with Crippen molar-refractivity contribution in [1.29, 1.82) is 0 Å². The quantitative estimate of drug-likeness (QED) is 0.385. The Bertz CT molecular complexity index is 1480. The Kier molecular flexibility index (Phi) is 4.66. The van der Waals surface area contributed by atoms with Crippen LogP contribution in [0.15, 0.2) is 72.1 Å². The van der Waals surface area contributed by atoms with E-state index in [0.717, 1.165) is 50.4 Å².